The van der Waals surface area contributed by atoms with Crippen LogP contribution in [0.3, 0.4) is 0 Å². The third-order valence-electron chi connectivity index (χ3n) is 5.29. The molecule has 0 amide bonds. The van der Waals surface area contributed by atoms with Gasteiger partial charge in [-0.25, -0.2) is 0 Å². The van der Waals surface area contributed by atoms with Crippen LogP contribution in [0.25, 0.3) is 0 Å². The molecule has 25 heavy (non-hydrogen) atoms. The smallest absolute Gasteiger partial charge is 0.0119 e. The Morgan fingerprint density at radius 2 is 1.44 bits per heavy atom. The maximum absolute atomic E-state index is 5.11. The molecule has 2 rings (SSSR count). The molecule has 0 aromatic carbocycles. The summed E-state index contributed by atoms with van der Waals surface area (Å²) >= 11 is 0. The van der Waals surface area contributed by atoms with Gasteiger partial charge < -0.3 is 15.5 Å². The van der Waals surface area contributed by atoms with Crippen molar-refractivity contribution in [2.24, 2.45) is 23.5 Å². The molecule has 0 bridgehead atoms. The quantitative estimate of drug-likeness (QED) is 0.759. The number of rotatable bonds is 4. The maximum Gasteiger partial charge on any atom is 0.0119 e. The van der Waals surface area contributed by atoms with E-state index < -0.39 is 0 Å². The fourth-order valence-corrected chi connectivity index (χ4v) is 3.69. The van der Waals surface area contributed by atoms with E-state index in [4.69, 9.17) is 5.73 Å². The Bertz CT molecular complexity index is 286. The molecule has 2 saturated heterocycles. The van der Waals surface area contributed by atoms with Gasteiger partial charge in [-0.2, -0.15) is 0 Å². The molecule has 0 spiro atoms. The topological polar surface area (TPSA) is 32.5 Å². The first-order valence-electron chi connectivity index (χ1n) is 10.4. The summed E-state index contributed by atoms with van der Waals surface area (Å²) in [6.45, 7) is 24.2. The molecule has 2 aliphatic rings. The van der Waals surface area contributed by atoms with Crippen LogP contribution in [0.15, 0.2) is 0 Å². The van der Waals surface area contributed by atoms with Crippen molar-refractivity contribution in [3.05, 3.63) is 0 Å². The van der Waals surface area contributed by atoms with Gasteiger partial charge in [-0.1, -0.05) is 62.8 Å². The molecule has 0 radical (unpaired) electrons. The molecule has 2 atom stereocenters. The van der Waals surface area contributed by atoms with Gasteiger partial charge in [0.25, 0.3) is 0 Å². The van der Waals surface area contributed by atoms with Gasteiger partial charge in [0.05, 0.1) is 0 Å². The van der Waals surface area contributed by atoms with E-state index in [2.05, 4.69) is 51.3 Å². The Hall–Kier alpha value is -0.120. The highest BCUT2D eigenvalue weighted by Gasteiger charge is 2.25. The lowest BCUT2D eigenvalue weighted by molar-refractivity contribution is 0.217. The highest BCUT2D eigenvalue weighted by Crippen LogP contribution is 2.23. The largest absolute Gasteiger partial charge is 0.328 e. The molecule has 3 nitrogen and oxygen atoms in total. The zero-order chi connectivity index (χ0) is 18.7. The van der Waals surface area contributed by atoms with Crippen LogP contribution in [-0.2, 0) is 0 Å². The van der Waals surface area contributed by atoms with Crippen LogP contribution in [0.1, 0.15) is 82.1 Å². The molecule has 154 valence electrons. The van der Waals surface area contributed by atoms with Crippen molar-refractivity contribution >= 4 is 0 Å². The summed E-state index contributed by atoms with van der Waals surface area (Å²) in [4.78, 5) is 5.15. The van der Waals surface area contributed by atoms with E-state index in [0.29, 0.717) is 6.04 Å². The molecule has 2 fully saturated rings. The van der Waals surface area contributed by atoms with Crippen LogP contribution in [-0.4, -0.2) is 54.6 Å². The Labute approximate surface area is 160 Å². The van der Waals surface area contributed by atoms with Crippen molar-refractivity contribution in [2.45, 2.75) is 94.2 Å². The number of hydrogen-bond donors (Lipinski definition) is 1. The van der Waals surface area contributed by atoms with Gasteiger partial charge in [0, 0.05) is 12.6 Å². The fourth-order valence-electron chi connectivity index (χ4n) is 3.69. The zero-order valence-corrected chi connectivity index (χ0v) is 18.0. The first-order chi connectivity index (χ1) is 11.2. The number of nitrogens with two attached hydrogens (primary N) is 1. The van der Waals surface area contributed by atoms with Gasteiger partial charge in [0.2, 0.25) is 0 Å². The van der Waals surface area contributed by atoms with Crippen LogP contribution >= 0.6 is 0 Å². The monoisotopic (exact) mass is 357 g/mol. The molecule has 2 aliphatic heterocycles. The Balaban J connectivity index is 0. The number of nitrogens with zero attached hydrogens (tertiary/aromatic N) is 2. The third-order valence-corrected chi connectivity index (χ3v) is 5.29. The van der Waals surface area contributed by atoms with Gasteiger partial charge >= 0.3 is 0 Å². The first-order valence-corrected chi connectivity index (χ1v) is 10.4. The Morgan fingerprint density at radius 1 is 0.880 bits per heavy atom. The average Bonchev–Trinajstić information content (AvgIpc) is 3.16. The molecule has 2 unspecified atom stereocenters. The number of likely N-dealkylation sites (tertiary alicyclic amines) is 2. The van der Waals surface area contributed by atoms with E-state index in [1.165, 1.54) is 52.0 Å². The van der Waals surface area contributed by atoms with Crippen LogP contribution < -0.4 is 5.73 Å². The molecule has 0 aliphatic carbocycles. The predicted molar refractivity (Wildman–Crippen MR) is 116 cm³/mol. The summed E-state index contributed by atoms with van der Waals surface area (Å²) in [6.07, 6.45) is 4.26. The lowest BCUT2D eigenvalue weighted by atomic mass is 9.95. The lowest BCUT2D eigenvalue weighted by Gasteiger charge is -2.25. The molecular weight excluding hydrogens is 306 g/mol. The van der Waals surface area contributed by atoms with Crippen molar-refractivity contribution in [1.29, 1.82) is 0 Å². The minimum absolute atomic E-state index is 0. The summed E-state index contributed by atoms with van der Waals surface area (Å²) < 4.78 is 0. The van der Waals surface area contributed by atoms with Crippen molar-refractivity contribution in [3.63, 3.8) is 0 Å². The number of hydrogen-bond acceptors (Lipinski definition) is 3. The molecule has 3 heteroatoms. The summed E-state index contributed by atoms with van der Waals surface area (Å²) in [5, 5.41) is 0. The standard InChI is InChI=1S/2C9H19N.C3H9N.CH4/c1-4-10-6-5-9(7-10)8(2)3;1-4-10-7-5-6-9(10)8(2)3;1-3(2)4;/h2*8-9H,4-7H2,1-3H3;3H,4H2,1-2H3;1H4. The Morgan fingerprint density at radius 3 is 1.72 bits per heavy atom. The van der Waals surface area contributed by atoms with Crippen LogP contribution in [0.2, 0.25) is 0 Å². The van der Waals surface area contributed by atoms with E-state index in [1.807, 2.05) is 13.8 Å². The van der Waals surface area contributed by atoms with Crippen molar-refractivity contribution in [2.75, 3.05) is 32.7 Å². The SMILES string of the molecule is C.CC(C)N.CCN1CCC(C(C)C)C1.CCN1CCCC1C(C)C. The van der Waals surface area contributed by atoms with Crippen molar-refractivity contribution in [1.82, 2.24) is 9.80 Å². The normalized spacial score (nSPS) is 24.0. The van der Waals surface area contributed by atoms with Gasteiger partial charge in [0.1, 0.15) is 0 Å². The third kappa shape index (κ3) is 12.0. The molecule has 0 saturated carbocycles. The van der Waals surface area contributed by atoms with E-state index in [-0.39, 0.29) is 7.43 Å². The lowest BCUT2D eigenvalue weighted by Crippen LogP contribution is -2.32. The molecular formula is C22H51N3. The summed E-state index contributed by atoms with van der Waals surface area (Å²) in [6, 6.07) is 1.21. The van der Waals surface area contributed by atoms with Crippen molar-refractivity contribution in [3.8, 4) is 0 Å². The zero-order valence-electron chi connectivity index (χ0n) is 18.0. The maximum atomic E-state index is 5.11. The van der Waals surface area contributed by atoms with E-state index in [1.54, 1.807) is 0 Å². The van der Waals surface area contributed by atoms with Crippen LogP contribution in [0.4, 0.5) is 0 Å². The van der Waals surface area contributed by atoms with Crippen LogP contribution in [0.5, 0.6) is 0 Å². The van der Waals surface area contributed by atoms with Gasteiger partial charge in [0.15, 0.2) is 0 Å². The van der Waals surface area contributed by atoms with Gasteiger partial charge in [-0.05, 0) is 69.2 Å². The minimum atomic E-state index is 0. The summed E-state index contributed by atoms with van der Waals surface area (Å²) in [5.74, 6) is 2.71. The van der Waals surface area contributed by atoms with Gasteiger partial charge in [-0.15, -0.1) is 0 Å². The molecule has 0 aromatic rings. The second-order valence-electron chi connectivity index (χ2n) is 8.51. The summed E-state index contributed by atoms with van der Waals surface area (Å²) in [7, 11) is 0. The van der Waals surface area contributed by atoms with Gasteiger partial charge in [-0.3, -0.25) is 0 Å². The van der Waals surface area contributed by atoms with Crippen LogP contribution in [0, 0.1) is 17.8 Å². The minimum Gasteiger partial charge on any atom is -0.328 e. The predicted octanol–water partition coefficient (Wildman–Crippen LogP) is 5.10. The second-order valence-corrected chi connectivity index (χ2v) is 8.51. The van der Waals surface area contributed by atoms with E-state index in [0.717, 1.165) is 23.8 Å². The highest BCUT2D eigenvalue weighted by atomic mass is 15.2. The summed E-state index contributed by atoms with van der Waals surface area (Å²) in [5.41, 5.74) is 5.11. The first kappa shape index (κ1) is 27.1. The van der Waals surface area contributed by atoms with E-state index in [9.17, 15) is 0 Å². The molecule has 2 N–H and O–H groups in total. The fraction of sp³-hybridized carbons (Fsp3) is 1.00. The average molecular weight is 358 g/mol. The molecule has 2 heterocycles. The highest BCUT2D eigenvalue weighted by molar-refractivity contribution is 4.80. The van der Waals surface area contributed by atoms with Crippen molar-refractivity contribution < 1.29 is 0 Å². The molecule has 0 aromatic heterocycles. The second kappa shape index (κ2) is 15.0. The van der Waals surface area contributed by atoms with E-state index >= 15 is 0 Å². The Kier molecular flexibility index (Phi) is 16.2.